The first-order valence-electron chi connectivity index (χ1n) is 9.58. The fourth-order valence-corrected chi connectivity index (χ4v) is 4.46. The molecule has 2 heterocycles. The molecular formula is C24H19N5. The normalized spacial score (nSPS) is 11.9. The molecule has 6 aromatic rings. The third-order valence-corrected chi connectivity index (χ3v) is 5.74. The molecule has 29 heavy (non-hydrogen) atoms. The number of imidazole rings is 1. The molecular weight excluding hydrogens is 358 g/mol. The Morgan fingerprint density at radius 2 is 1.41 bits per heavy atom. The number of hydrogen-bond donors (Lipinski definition) is 4. The van der Waals surface area contributed by atoms with Crippen molar-refractivity contribution >= 4 is 54.9 Å². The van der Waals surface area contributed by atoms with Crippen LogP contribution in [-0.4, -0.2) is 15.0 Å². The van der Waals surface area contributed by atoms with Crippen LogP contribution in [0.25, 0.3) is 54.9 Å². The third kappa shape index (κ3) is 2.18. The Hall–Kier alpha value is -3.99. The van der Waals surface area contributed by atoms with E-state index in [2.05, 4.69) is 41.2 Å². The van der Waals surface area contributed by atoms with Gasteiger partial charge in [-0.3, -0.25) is 0 Å². The van der Waals surface area contributed by atoms with Gasteiger partial charge in [-0.2, -0.15) is 0 Å². The molecule has 0 saturated carbocycles. The fraction of sp³-hybridized carbons (Fsp3) is 0.0417. The van der Waals surface area contributed by atoms with Crippen molar-refractivity contribution in [3.63, 3.8) is 0 Å². The number of aromatic amines is 2. The Morgan fingerprint density at radius 1 is 0.724 bits per heavy atom. The molecule has 0 bridgehead atoms. The summed E-state index contributed by atoms with van der Waals surface area (Å²) < 4.78 is 0. The number of anilines is 2. The van der Waals surface area contributed by atoms with Gasteiger partial charge in [0, 0.05) is 44.3 Å². The largest absolute Gasteiger partial charge is 0.399 e. The summed E-state index contributed by atoms with van der Waals surface area (Å²) in [6, 6.07) is 20.3. The average molecular weight is 377 g/mol. The lowest BCUT2D eigenvalue weighted by atomic mass is 9.99. The number of aromatic nitrogens is 3. The number of nitrogens with two attached hydrogens (primary N) is 2. The van der Waals surface area contributed by atoms with Gasteiger partial charge in [-0.15, -0.1) is 0 Å². The Morgan fingerprint density at radius 3 is 2.21 bits per heavy atom. The zero-order valence-corrected chi connectivity index (χ0v) is 15.9. The molecule has 4 aromatic carbocycles. The van der Waals surface area contributed by atoms with Gasteiger partial charge in [0.15, 0.2) is 0 Å². The summed E-state index contributed by atoms with van der Waals surface area (Å²) in [5, 5.41) is 5.51. The predicted molar refractivity (Wildman–Crippen MR) is 122 cm³/mol. The smallest absolute Gasteiger partial charge is 0.140 e. The van der Waals surface area contributed by atoms with E-state index in [-0.39, 0.29) is 0 Å². The summed E-state index contributed by atoms with van der Waals surface area (Å²) in [7, 11) is 0. The van der Waals surface area contributed by atoms with E-state index in [0.717, 1.165) is 71.9 Å². The summed E-state index contributed by atoms with van der Waals surface area (Å²) >= 11 is 0. The number of para-hydroxylation sites is 1. The molecule has 6 N–H and O–H groups in total. The van der Waals surface area contributed by atoms with Gasteiger partial charge in [-0.05, 0) is 48.0 Å². The van der Waals surface area contributed by atoms with E-state index in [9.17, 15) is 0 Å². The topological polar surface area (TPSA) is 96.5 Å². The van der Waals surface area contributed by atoms with Crippen molar-refractivity contribution < 1.29 is 0 Å². The van der Waals surface area contributed by atoms with Gasteiger partial charge in [-0.1, -0.05) is 30.3 Å². The summed E-state index contributed by atoms with van der Waals surface area (Å²) in [5.41, 5.74) is 18.9. The number of nitrogens with zero attached hydrogens (tertiary/aromatic N) is 1. The van der Waals surface area contributed by atoms with E-state index in [1.807, 2.05) is 36.4 Å². The fourth-order valence-electron chi connectivity index (χ4n) is 4.46. The van der Waals surface area contributed by atoms with E-state index in [0.29, 0.717) is 0 Å². The Bertz CT molecular complexity index is 1510. The SMILES string of the molecule is Cc1[nH]c2ccccc2c1-c1nc2c3cc(N)ccc3c3ccc(N)cc3c2[nH]1. The number of H-pyrrole nitrogens is 2. The molecule has 5 nitrogen and oxygen atoms in total. The van der Waals surface area contributed by atoms with Crippen molar-refractivity contribution in [3.8, 4) is 11.4 Å². The maximum Gasteiger partial charge on any atom is 0.140 e. The zero-order chi connectivity index (χ0) is 19.7. The van der Waals surface area contributed by atoms with Crippen LogP contribution in [0.2, 0.25) is 0 Å². The van der Waals surface area contributed by atoms with Crippen molar-refractivity contribution in [2.24, 2.45) is 0 Å². The van der Waals surface area contributed by atoms with Crippen molar-refractivity contribution in [3.05, 3.63) is 66.4 Å². The van der Waals surface area contributed by atoms with Crippen LogP contribution in [0, 0.1) is 6.92 Å². The zero-order valence-electron chi connectivity index (χ0n) is 15.9. The second-order valence-electron chi connectivity index (χ2n) is 7.59. The molecule has 0 spiro atoms. The van der Waals surface area contributed by atoms with Crippen molar-refractivity contribution in [1.29, 1.82) is 0 Å². The first-order chi connectivity index (χ1) is 14.1. The number of fused-ring (bicyclic) bond motifs is 7. The van der Waals surface area contributed by atoms with Gasteiger partial charge >= 0.3 is 0 Å². The highest BCUT2D eigenvalue weighted by Gasteiger charge is 2.18. The molecule has 5 heteroatoms. The van der Waals surface area contributed by atoms with E-state index < -0.39 is 0 Å². The van der Waals surface area contributed by atoms with Gasteiger partial charge < -0.3 is 21.4 Å². The monoisotopic (exact) mass is 377 g/mol. The molecule has 0 amide bonds. The maximum absolute atomic E-state index is 6.12. The van der Waals surface area contributed by atoms with Crippen LogP contribution in [0.15, 0.2) is 60.7 Å². The molecule has 0 aliphatic rings. The first kappa shape index (κ1) is 16.0. The predicted octanol–water partition coefficient (Wildman–Crippen LogP) is 5.49. The molecule has 0 aliphatic heterocycles. The van der Waals surface area contributed by atoms with Crippen molar-refractivity contribution in [2.45, 2.75) is 6.92 Å². The van der Waals surface area contributed by atoms with Crippen LogP contribution in [0.4, 0.5) is 11.4 Å². The third-order valence-electron chi connectivity index (χ3n) is 5.74. The maximum atomic E-state index is 6.12. The lowest BCUT2D eigenvalue weighted by molar-refractivity contribution is 1.26. The molecule has 0 fully saturated rings. The van der Waals surface area contributed by atoms with Gasteiger partial charge in [0.2, 0.25) is 0 Å². The number of nitrogen functional groups attached to an aromatic ring is 2. The summed E-state index contributed by atoms with van der Waals surface area (Å²) in [5.74, 6) is 0.841. The van der Waals surface area contributed by atoms with Crippen LogP contribution in [-0.2, 0) is 0 Å². The molecule has 2 aromatic heterocycles. The molecule has 0 aliphatic carbocycles. The van der Waals surface area contributed by atoms with Crippen LogP contribution in [0.5, 0.6) is 0 Å². The van der Waals surface area contributed by atoms with E-state index in [4.69, 9.17) is 16.5 Å². The Kier molecular flexibility index (Phi) is 3.04. The second kappa shape index (κ2) is 5.52. The molecule has 0 saturated heterocycles. The van der Waals surface area contributed by atoms with E-state index >= 15 is 0 Å². The second-order valence-corrected chi connectivity index (χ2v) is 7.59. The highest BCUT2D eigenvalue weighted by Crippen LogP contribution is 2.38. The summed E-state index contributed by atoms with van der Waals surface area (Å²) in [6.45, 7) is 2.08. The van der Waals surface area contributed by atoms with Gasteiger partial charge in [-0.25, -0.2) is 4.98 Å². The Labute approximate surface area is 166 Å². The van der Waals surface area contributed by atoms with Crippen LogP contribution < -0.4 is 11.5 Å². The number of rotatable bonds is 1. The lowest BCUT2D eigenvalue weighted by Gasteiger charge is -2.07. The molecule has 140 valence electrons. The van der Waals surface area contributed by atoms with Gasteiger partial charge in [0.1, 0.15) is 5.82 Å². The molecule has 0 atom stereocenters. The van der Waals surface area contributed by atoms with Crippen molar-refractivity contribution in [1.82, 2.24) is 15.0 Å². The minimum Gasteiger partial charge on any atom is -0.399 e. The highest BCUT2D eigenvalue weighted by atomic mass is 14.9. The lowest BCUT2D eigenvalue weighted by Crippen LogP contribution is -1.89. The van der Waals surface area contributed by atoms with Crippen LogP contribution in [0.3, 0.4) is 0 Å². The Balaban J connectivity index is 1.80. The molecule has 0 radical (unpaired) electrons. The van der Waals surface area contributed by atoms with Crippen LogP contribution in [0.1, 0.15) is 5.69 Å². The quantitative estimate of drug-likeness (QED) is 0.225. The minimum atomic E-state index is 0.724. The van der Waals surface area contributed by atoms with E-state index in [1.54, 1.807) is 0 Å². The highest BCUT2D eigenvalue weighted by molar-refractivity contribution is 6.24. The number of aryl methyl sites for hydroxylation is 1. The first-order valence-corrected chi connectivity index (χ1v) is 9.58. The van der Waals surface area contributed by atoms with Gasteiger partial charge in [0.25, 0.3) is 0 Å². The summed E-state index contributed by atoms with van der Waals surface area (Å²) in [6.07, 6.45) is 0. The van der Waals surface area contributed by atoms with Crippen LogP contribution >= 0.6 is 0 Å². The minimum absolute atomic E-state index is 0.724. The number of nitrogens with one attached hydrogen (secondary N) is 2. The molecule has 0 unspecified atom stereocenters. The van der Waals surface area contributed by atoms with Crippen molar-refractivity contribution in [2.75, 3.05) is 11.5 Å². The number of benzene rings is 4. The van der Waals surface area contributed by atoms with E-state index in [1.165, 1.54) is 0 Å². The average Bonchev–Trinajstić information content (AvgIpc) is 3.28. The number of hydrogen-bond acceptors (Lipinski definition) is 3. The van der Waals surface area contributed by atoms with Gasteiger partial charge in [0.05, 0.1) is 11.0 Å². The molecule has 6 rings (SSSR count). The standard InChI is InChI=1S/C24H19N5/c1-12-21(17-4-2-3-5-20(17)27-12)24-28-22-18-10-13(25)6-8-15(18)16-9-7-14(26)11-19(16)23(22)29-24/h2-11,27H,25-26H2,1H3,(H,28,29). The summed E-state index contributed by atoms with van der Waals surface area (Å²) in [4.78, 5) is 12.1.